The Morgan fingerprint density at radius 2 is 1.50 bits per heavy atom. The monoisotopic (exact) mass is 570 g/mol. The molecule has 40 heavy (non-hydrogen) atoms. The molecule has 6 rings (SSSR count). The van der Waals surface area contributed by atoms with Crippen molar-refractivity contribution in [3.63, 3.8) is 0 Å². The number of fused-ring (bicyclic) bond motifs is 1. The smallest absolute Gasteiger partial charge is 0.256 e. The van der Waals surface area contributed by atoms with Crippen LogP contribution in [0, 0.1) is 11.2 Å². The summed E-state index contributed by atoms with van der Waals surface area (Å²) in [5.74, 6) is -0.290. The molecule has 1 aromatic carbocycles. The summed E-state index contributed by atoms with van der Waals surface area (Å²) < 4.78 is 17.5. The Morgan fingerprint density at radius 3 is 2.12 bits per heavy atom. The van der Waals surface area contributed by atoms with E-state index >= 15 is 4.39 Å². The summed E-state index contributed by atoms with van der Waals surface area (Å²) >= 11 is 6.92. The summed E-state index contributed by atoms with van der Waals surface area (Å²) in [4.78, 5) is 33.5. The number of aromatic nitrogens is 2. The first-order valence-electron chi connectivity index (χ1n) is 15.1. The molecule has 2 aromatic rings. The number of nitrogens with zero attached hydrogens (tertiary/aromatic N) is 4. The quantitative estimate of drug-likeness (QED) is 0.520. The lowest BCUT2D eigenvalue weighted by molar-refractivity contribution is -0.143. The fourth-order valence-electron chi connectivity index (χ4n) is 6.97. The van der Waals surface area contributed by atoms with E-state index in [1.165, 1.54) is 69.9 Å². The molecule has 2 aliphatic heterocycles. The highest BCUT2D eigenvalue weighted by atomic mass is 35.5. The number of rotatable bonds is 3. The second-order valence-corrected chi connectivity index (χ2v) is 12.9. The van der Waals surface area contributed by atoms with Crippen LogP contribution in [-0.2, 0) is 17.8 Å². The van der Waals surface area contributed by atoms with Crippen molar-refractivity contribution in [2.45, 2.75) is 95.6 Å². The molecule has 1 aromatic heterocycles. The first-order chi connectivity index (χ1) is 19.3. The summed E-state index contributed by atoms with van der Waals surface area (Å²) in [6.07, 6.45) is 14.6. The zero-order valence-electron chi connectivity index (χ0n) is 23.3. The Hall–Kier alpha value is -2.45. The van der Waals surface area contributed by atoms with E-state index in [2.05, 4.69) is 4.57 Å². The SMILES string of the molecule is O=C(c1ccc(-c2nc3n(c2Cl)CC2(CCCCCCCCC2)CC3)cc1F)N1CCN(C(=O)C2(O)CC2)CC1. The van der Waals surface area contributed by atoms with E-state index < -0.39 is 17.3 Å². The predicted octanol–water partition coefficient (Wildman–Crippen LogP) is 5.61. The van der Waals surface area contributed by atoms with Crippen molar-refractivity contribution >= 4 is 23.4 Å². The van der Waals surface area contributed by atoms with Gasteiger partial charge in [0.05, 0.1) is 5.56 Å². The van der Waals surface area contributed by atoms with Crippen LogP contribution in [0.3, 0.4) is 0 Å². The molecule has 1 spiro atoms. The Balaban J connectivity index is 1.15. The molecular weight excluding hydrogens is 531 g/mol. The number of carbonyl (C=O) groups excluding carboxylic acids is 2. The Kier molecular flexibility index (Phi) is 7.68. The maximum atomic E-state index is 15.3. The summed E-state index contributed by atoms with van der Waals surface area (Å²) in [5.41, 5.74) is 0.213. The second-order valence-electron chi connectivity index (χ2n) is 12.5. The number of aryl methyl sites for hydroxylation is 1. The van der Waals surface area contributed by atoms with Gasteiger partial charge in [-0.05, 0) is 49.7 Å². The zero-order chi connectivity index (χ0) is 27.9. The summed E-state index contributed by atoms with van der Waals surface area (Å²) in [7, 11) is 0. The topological polar surface area (TPSA) is 78.7 Å². The van der Waals surface area contributed by atoms with Gasteiger partial charge in [0.25, 0.3) is 11.8 Å². The molecule has 0 atom stereocenters. The first kappa shape index (κ1) is 27.7. The molecule has 0 unspecified atom stereocenters. The Labute approximate surface area is 240 Å². The van der Waals surface area contributed by atoms with Gasteiger partial charge in [0, 0.05) is 44.7 Å². The minimum absolute atomic E-state index is 0.00454. The largest absolute Gasteiger partial charge is 0.380 e. The van der Waals surface area contributed by atoms with Gasteiger partial charge in [0.15, 0.2) is 0 Å². The van der Waals surface area contributed by atoms with Crippen LogP contribution in [0.5, 0.6) is 0 Å². The van der Waals surface area contributed by atoms with Crippen molar-refractivity contribution in [2.24, 2.45) is 5.41 Å². The van der Waals surface area contributed by atoms with Crippen molar-refractivity contribution in [1.82, 2.24) is 19.4 Å². The molecule has 0 bridgehead atoms. The highest BCUT2D eigenvalue weighted by molar-refractivity contribution is 6.32. The molecular formula is C31H40ClFN4O3. The van der Waals surface area contributed by atoms with Gasteiger partial charge in [0.2, 0.25) is 0 Å². The number of carbonyl (C=O) groups is 2. The van der Waals surface area contributed by atoms with Gasteiger partial charge < -0.3 is 19.5 Å². The molecule has 2 saturated carbocycles. The molecule has 9 heteroatoms. The van der Waals surface area contributed by atoms with Crippen molar-refractivity contribution in [3.8, 4) is 11.3 Å². The first-order valence-corrected chi connectivity index (χ1v) is 15.5. The number of hydrogen-bond acceptors (Lipinski definition) is 4. The van der Waals surface area contributed by atoms with Gasteiger partial charge in [-0.15, -0.1) is 0 Å². The third-order valence-electron chi connectivity index (χ3n) is 9.72. The molecule has 216 valence electrons. The molecule has 0 radical (unpaired) electrons. The Morgan fingerprint density at radius 1 is 0.875 bits per heavy atom. The van der Waals surface area contributed by atoms with E-state index in [1.807, 2.05) is 0 Å². The van der Waals surface area contributed by atoms with Gasteiger partial charge in [0.1, 0.15) is 28.1 Å². The number of hydrogen-bond donors (Lipinski definition) is 1. The molecule has 2 aliphatic carbocycles. The lowest BCUT2D eigenvalue weighted by atomic mass is 9.72. The average molecular weight is 571 g/mol. The van der Waals surface area contributed by atoms with Crippen molar-refractivity contribution < 1.29 is 19.1 Å². The molecule has 4 aliphatic rings. The minimum atomic E-state index is -1.21. The highest BCUT2D eigenvalue weighted by Crippen LogP contribution is 2.44. The Bertz CT molecular complexity index is 1270. The third kappa shape index (κ3) is 5.41. The molecule has 1 saturated heterocycles. The fourth-order valence-corrected chi connectivity index (χ4v) is 7.27. The summed E-state index contributed by atoms with van der Waals surface area (Å²) in [5, 5.41) is 10.7. The standard InChI is InChI=1S/C31H40ClFN4O3/c32-27-26(34-25-10-13-30(21-37(25)27)11-6-4-2-1-3-5-7-12-30)22-8-9-23(24(33)20-22)28(38)35-16-18-36(19-17-35)29(39)31(40)14-15-31/h8-9,20,40H,1-7,10-19,21H2. The lowest BCUT2D eigenvalue weighted by Crippen LogP contribution is -2.53. The third-order valence-corrected chi connectivity index (χ3v) is 10.1. The fraction of sp³-hybridized carbons (Fsp3) is 0.645. The molecule has 3 heterocycles. The van der Waals surface area contributed by atoms with Crippen LogP contribution in [0.25, 0.3) is 11.3 Å². The summed E-state index contributed by atoms with van der Waals surface area (Å²) in [6, 6.07) is 4.63. The molecule has 1 N–H and O–H groups in total. The zero-order valence-corrected chi connectivity index (χ0v) is 24.0. The maximum absolute atomic E-state index is 15.3. The predicted molar refractivity (Wildman–Crippen MR) is 152 cm³/mol. The van der Waals surface area contributed by atoms with E-state index in [0.717, 1.165) is 25.2 Å². The number of amides is 2. The van der Waals surface area contributed by atoms with Crippen LogP contribution in [-0.4, -0.2) is 68.1 Å². The maximum Gasteiger partial charge on any atom is 0.256 e. The van der Waals surface area contributed by atoms with Gasteiger partial charge >= 0.3 is 0 Å². The van der Waals surface area contributed by atoms with E-state index in [1.54, 1.807) is 15.9 Å². The van der Waals surface area contributed by atoms with Gasteiger partial charge in [-0.2, -0.15) is 0 Å². The number of imidazole rings is 1. The van der Waals surface area contributed by atoms with Crippen molar-refractivity contribution in [3.05, 3.63) is 40.6 Å². The van der Waals surface area contributed by atoms with Gasteiger partial charge in [-0.25, -0.2) is 9.37 Å². The second kappa shape index (κ2) is 11.1. The van der Waals surface area contributed by atoms with Crippen LogP contribution in [0.15, 0.2) is 18.2 Å². The molecule has 7 nitrogen and oxygen atoms in total. The van der Waals surface area contributed by atoms with Crippen molar-refractivity contribution in [2.75, 3.05) is 26.2 Å². The van der Waals surface area contributed by atoms with E-state index in [-0.39, 0.29) is 16.9 Å². The highest BCUT2D eigenvalue weighted by Gasteiger charge is 2.50. The average Bonchev–Trinajstić information content (AvgIpc) is 3.64. The summed E-state index contributed by atoms with van der Waals surface area (Å²) in [6.45, 7) is 2.17. The van der Waals surface area contributed by atoms with Crippen LogP contribution in [0.4, 0.5) is 4.39 Å². The van der Waals surface area contributed by atoms with Crippen LogP contribution in [0.2, 0.25) is 5.15 Å². The minimum Gasteiger partial charge on any atom is -0.380 e. The molecule has 2 amide bonds. The van der Waals surface area contributed by atoms with E-state index in [9.17, 15) is 14.7 Å². The number of aliphatic hydroxyl groups is 1. The molecule has 3 fully saturated rings. The van der Waals surface area contributed by atoms with E-state index in [0.29, 0.717) is 55.4 Å². The normalized spacial score (nSPS) is 22.6. The van der Waals surface area contributed by atoms with Crippen molar-refractivity contribution in [1.29, 1.82) is 0 Å². The van der Waals surface area contributed by atoms with Crippen LogP contribution in [0.1, 0.15) is 93.2 Å². The lowest BCUT2D eigenvalue weighted by Gasteiger charge is -2.39. The van der Waals surface area contributed by atoms with Gasteiger partial charge in [-0.1, -0.05) is 62.6 Å². The van der Waals surface area contributed by atoms with Crippen LogP contribution >= 0.6 is 11.6 Å². The van der Waals surface area contributed by atoms with Gasteiger partial charge in [-0.3, -0.25) is 9.59 Å². The van der Waals surface area contributed by atoms with E-state index in [4.69, 9.17) is 16.6 Å². The number of piperazine rings is 1. The number of benzene rings is 1. The van der Waals surface area contributed by atoms with Crippen LogP contribution < -0.4 is 0 Å². The number of halogens is 2.